The summed E-state index contributed by atoms with van der Waals surface area (Å²) in [6.07, 6.45) is -3.84. The van der Waals surface area contributed by atoms with Crippen molar-refractivity contribution in [2.45, 2.75) is 40.4 Å². The molecule has 0 fully saturated rings. The Kier molecular flexibility index (Phi) is 12.1. The molecule has 156 valence electrons. The molecule has 2 aromatic carbocycles. The van der Waals surface area contributed by atoms with Crippen LogP contribution in [0.2, 0.25) is 0 Å². The number of benzene rings is 2. The van der Waals surface area contributed by atoms with Crippen LogP contribution < -0.4 is 11.5 Å². The quantitative estimate of drug-likeness (QED) is 0.337. The number of thioether (sulfide) groups is 2. The van der Waals surface area contributed by atoms with E-state index < -0.39 is 24.4 Å². The van der Waals surface area contributed by atoms with Gasteiger partial charge in [0.05, 0.1) is 22.8 Å². The van der Waals surface area contributed by atoms with Crippen molar-refractivity contribution in [2.75, 3.05) is 6.54 Å². The van der Waals surface area contributed by atoms with Gasteiger partial charge in [-0.05, 0) is 11.1 Å². The van der Waals surface area contributed by atoms with Gasteiger partial charge in [0.2, 0.25) is 0 Å². The number of aliphatic hydroxyl groups excluding tert-OH is 3. The third-order valence-corrected chi connectivity index (χ3v) is 7.31. The van der Waals surface area contributed by atoms with Gasteiger partial charge in [-0.3, -0.25) is 0 Å². The van der Waals surface area contributed by atoms with E-state index in [0.717, 1.165) is 22.6 Å². The molecule has 5 nitrogen and oxygen atoms in total. The van der Waals surface area contributed by atoms with Gasteiger partial charge in [-0.2, -0.15) is 0 Å². The summed E-state index contributed by atoms with van der Waals surface area (Å²) in [5.74, 6) is 1.48. The monoisotopic (exact) mass is 444 g/mol. The molecule has 0 saturated carbocycles. The molecule has 0 spiro atoms. The molecule has 0 bridgehead atoms. The molecule has 0 radical (unpaired) electrons. The second-order valence-electron chi connectivity index (χ2n) is 6.32. The summed E-state index contributed by atoms with van der Waals surface area (Å²) >= 11 is 3.24. The first-order valence-corrected chi connectivity index (χ1v) is 10.9. The average molecular weight is 445 g/mol. The molecule has 0 aromatic heterocycles. The summed E-state index contributed by atoms with van der Waals surface area (Å²) in [5, 5.41) is 30.3. The SMILES string of the molecule is Cl.NCC(O)C(O)C(O)C(N)C(SCc1ccccc1)SCc1ccccc1. The fourth-order valence-corrected chi connectivity index (χ4v) is 5.19. The fraction of sp³-hybridized carbons (Fsp3) is 0.400. The lowest BCUT2D eigenvalue weighted by Gasteiger charge is -2.31. The van der Waals surface area contributed by atoms with Crippen LogP contribution in [0.5, 0.6) is 0 Å². The van der Waals surface area contributed by atoms with Crippen molar-refractivity contribution < 1.29 is 15.3 Å². The molecule has 0 heterocycles. The third kappa shape index (κ3) is 7.93. The lowest BCUT2D eigenvalue weighted by molar-refractivity contribution is -0.0620. The van der Waals surface area contributed by atoms with Crippen LogP contribution >= 0.6 is 35.9 Å². The van der Waals surface area contributed by atoms with Gasteiger partial charge in [0.25, 0.3) is 0 Å². The Labute approximate surface area is 181 Å². The highest BCUT2D eigenvalue weighted by Crippen LogP contribution is 2.33. The van der Waals surface area contributed by atoms with Gasteiger partial charge < -0.3 is 26.8 Å². The Bertz CT molecular complexity index is 611. The Hall–Kier alpha value is -0.770. The summed E-state index contributed by atoms with van der Waals surface area (Å²) in [7, 11) is 0. The molecule has 2 aromatic rings. The van der Waals surface area contributed by atoms with E-state index in [-0.39, 0.29) is 23.5 Å². The van der Waals surface area contributed by atoms with Crippen LogP contribution in [-0.2, 0) is 11.5 Å². The normalized spacial score (nSPS) is 15.5. The maximum absolute atomic E-state index is 10.4. The lowest BCUT2D eigenvalue weighted by Crippen LogP contribution is -2.53. The second kappa shape index (κ2) is 13.5. The standard InChI is InChI=1S/C20H28N2O3S2.ClH/c21-11-16(23)18(24)19(25)17(22)20(26-12-14-7-3-1-4-8-14)27-13-15-9-5-2-6-10-15;/h1-10,16-20,23-25H,11-13,21-22H2;1H. The van der Waals surface area contributed by atoms with Crippen molar-refractivity contribution in [3.8, 4) is 0 Å². The molecule has 0 aliphatic carbocycles. The van der Waals surface area contributed by atoms with Crippen molar-refractivity contribution in [3.63, 3.8) is 0 Å². The summed E-state index contributed by atoms with van der Waals surface area (Å²) in [6, 6.07) is 19.3. The topological polar surface area (TPSA) is 113 Å². The minimum atomic E-state index is -1.37. The number of nitrogens with two attached hydrogens (primary N) is 2. The van der Waals surface area contributed by atoms with Crippen molar-refractivity contribution in [2.24, 2.45) is 11.5 Å². The minimum Gasteiger partial charge on any atom is -0.389 e. The Morgan fingerprint density at radius 3 is 1.57 bits per heavy atom. The van der Waals surface area contributed by atoms with E-state index in [0.29, 0.717) is 0 Å². The van der Waals surface area contributed by atoms with Crippen LogP contribution in [0.3, 0.4) is 0 Å². The smallest absolute Gasteiger partial charge is 0.109 e. The summed E-state index contributed by atoms with van der Waals surface area (Å²) in [6.45, 7) is -0.135. The molecule has 0 aliphatic heterocycles. The van der Waals surface area contributed by atoms with Gasteiger partial charge in [0.15, 0.2) is 0 Å². The Morgan fingerprint density at radius 2 is 1.18 bits per heavy atom. The van der Waals surface area contributed by atoms with Gasteiger partial charge >= 0.3 is 0 Å². The van der Waals surface area contributed by atoms with E-state index in [4.69, 9.17) is 11.5 Å². The molecule has 0 aliphatic rings. The van der Waals surface area contributed by atoms with E-state index in [2.05, 4.69) is 0 Å². The predicted octanol–water partition coefficient (Wildman–Crippen LogP) is 1.97. The fourth-order valence-electron chi connectivity index (χ4n) is 2.53. The van der Waals surface area contributed by atoms with Crippen LogP contribution in [0.4, 0.5) is 0 Å². The van der Waals surface area contributed by atoms with E-state index in [1.165, 1.54) is 0 Å². The Morgan fingerprint density at radius 1 is 0.750 bits per heavy atom. The van der Waals surface area contributed by atoms with Gasteiger partial charge in [0, 0.05) is 18.1 Å². The third-order valence-electron chi connectivity index (χ3n) is 4.21. The maximum Gasteiger partial charge on any atom is 0.109 e. The highest BCUT2D eigenvalue weighted by atomic mass is 35.5. The predicted molar refractivity (Wildman–Crippen MR) is 122 cm³/mol. The first-order chi connectivity index (χ1) is 13.0. The molecule has 0 amide bonds. The zero-order chi connectivity index (χ0) is 19.6. The number of halogens is 1. The number of aliphatic hydroxyl groups is 3. The van der Waals surface area contributed by atoms with E-state index in [1.54, 1.807) is 23.5 Å². The lowest BCUT2D eigenvalue weighted by atomic mass is 10.0. The summed E-state index contributed by atoms with van der Waals surface area (Å²) in [5.41, 5.74) is 14.0. The molecule has 4 atom stereocenters. The van der Waals surface area contributed by atoms with Gasteiger partial charge in [-0.1, -0.05) is 60.7 Å². The number of hydrogen-bond acceptors (Lipinski definition) is 7. The van der Waals surface area contributed by atoms with Gasteiger partial charge in [0.1, 0.15) is 6.10 Å². The van der Waals surface area contributed by atoms with E-state index in [1.807, 2.05) is 60.7 Å². The average Bonchev–Trinajstić information content (AvgIpc) is 2.73. The number of hydrogen-bond donors (Lipinski definition) is 5. The van der Waals surface area contributed by atoms with Gasteiger partial charge in [-0.15, -0.1) is 35.9 Å². The van der Waals surface area contributed by atoms with Crippen molar-refractivity contribution >= 4 is 35.9 Å². The molecule has 28 heavy (non-hydrogen) atoms. The highest BCUT2D eigenvalue weighted by molar-refractivity contribution is 8.16. The molecular weight excluding hydrogens is 416 g/mol. The first kappa shape index (κ1) is 25.3. The van der Waals surface area contributed by atoms with E-state index >= 15 is 0 Å². The summed E-state index contributed by atoms with van der Waals surface area (Å²) < 4.78 is -0.167. The van der Waals surface area contributed by atoms with Crippen LogP contribution in [0.15, 0.2) is 60.7 Å². The van der Waals surface area contributed by atoms with Crippen LogP contribution in [0.25, 0.3) is 0 Å². The summed E-state index contributed by atoms with van der Waals surface area (Å²) in [4.78, 5) is 0. The largest absolute Gasteiger partial charge is 0.389 e. The zero-order valence-electron chi connectivity index (χ0n) is 15.5. The molecular formula is C20H29ClN2O3S2. The van der Waals surface area contributed by atoms with Crippen LogP contribution in [-0.4, -0.2) is 50.8 Å². The van der Waals surface area contributed by atoms with Crippen molar-refractivity contribution in [1.29, 1.82) is 0 Å². The maximum atomic E-state index is 10.4. The Balaban J connectivity index is 0.00000392. The second-order valence-corrected chi connectivity index (χ2v) is 8.88. The molecule has 4 unspecified atom stereocenters. The first-order valence-electron chi connectivity index (χ1n) is 8.83. The number of rotatable bonds is 11. The van der Waals surface area contributed by atoms with Crippen LogP contribution in [0.1, 0.15) is 11.1 Å². The van der Waals surface area contributed by atoms with Crippen molar-refractivity contribution in [3.05, 3.63) is 71.8 Å². The van der Waals surface area contributed by atoms with Gasteiger partial charge in [-0.25, -0.2) is 0 Å². The molecule has 8 heteroatoms. The van der Waals surface area contributed by atoms with E-state index in [9.17, 15) is 15.3 Å². The highest BCUT2D eigenvalue weighted by Gasteiger charge is 2.33. The molecule has 0 saturated heterocycles. The van der Waals surface area contributed by atoms with Crippen molar-refractivity contribution in [1.82, 2.24) is 0 Å². The molecule has 2 rings (SSSR count). The van der Waals surface area contributed by atoms with Crippen LogP contribution in [0, 0.1) is 0 Å². The molecule has 7 N–H and O–H groups in total. The minimum absolute atomic E-state index is 0. The zero-order valence-corrected chi connectivity index (χ0v) is 18.0.